The molecule has 21 heavy (non-hydrogen) atoms. The number of carboxylic acid groups (broad SMARTS) is 1. The van der Waals surface area contributed by atoms with Crippen LogP contribution in [0.3, 0.4) is 0 Å². The molecule has 4 saturated carbocycles. The highest BCUT2D eigenvalue weighted by molar-refractivity contribution is 5.84. The minimum Gasteiger partial charge on any atom is -0.481 e. The lowest BCUT2D eigenvalue weighted by atomic mass is 9.44. The van der Waals surface area contributed by atoms with Crippen molar-refractivity contribution >= 4 is 11.9 Å². The largest absolute Gasteiger partial charge is 0.481 e. The summed E-state index contributed by atoms with van der Waals surface area (Å²) in [4.78, 5) is 23.9. The highest BCUT2D eigenvalue weighted by atomic mass is 16.4. The highest BCUT2D eigenvalue weighted by Gasteiger charge is 2.59. The fraction of sp³-hybridized carbons (Fsp3) is 0.882. The third-order valence-corrected chi connectivity index (χ3v) is 5.88. The molecule has 2 N–H and O–H groups in total. The van der Waals surface area contributed by atoms with Gasteiger partial charge in [0.1, 0.15) is 0 Å². The standard InChI is InChI=1S/C17H27NO3/c1-15(2,9-13(19)20)18-14(21)17-7-11-4-12(8-17)6-16(3,5-11)10-17/h11-12H,4-10H2,1-3H3,(H,18,21)(H,19,20). The van der Waals surface area contributed by atoms with Crippen molar-refractivity contribution < 1.29 is 14.7 Å². The molecule has 4 fully saturated rings. The molecule has 0 spiro atoms. The zero-order valence-corrected chi connectivity index (χ0v) is 13.4. The van der Waals surface area contributed by atoms with Gasteiger partial charge in [0, 0.05) is 5.54 Å². The fourth-order valence-electron chi connectivity index (χ4n) is 5.85. The van der Waals surface area contributed by atoms with Crippen LogP contribution in [0, 0.1) is 22.7 Å². The maximum Gasteiger partial charge on any atom is 0.305 e. The molecule has 2 unspecified atom stereocenters. The van der Waals surface area contributed by atoms with Crippen LogP contribution in [0.1, 0.15) is 65.7 Å². The van der Waals surface area contributed by atoms with E-state index in [9.17, 15) is 9.59 Å². The van der Waals surface area contributed by atoms with Crippen LogP contribution in [0.2, 0.25) is 0 Å². The second kappa shape index (κ2) is 4.47. The molecule has 4 nitrogen and oxygen atoms in total. The second-order valence-electron chi connectivity index (χ2n) is 8.96. The normalized spacial score (nSPS) is 41.1. The molecule has 0 heterocycles. The third kappa shape index (κ3) is 2.69. The highest BCUT2D eigenvalue weighted by Crippen LogP contribution is 2.65. The van der Waals surface area contributed by atoms with Gasteiger partial charge in [0.15, 0.2) is 0 Å². The summed E-state index contributed by atoms with van der Waals surface area (Å²) in [5, 5.41) is 12.0. The van der Waals surface area contributed by atoms with Crippen molar-refractivity contribution in [1.29, 1.82) is 0 Å². The number of rotatable bonds is 4. The van der Waals surface area contributed by atoms with Crippen LogP contribution in [0.25, 0.3) is 0 Å². The third-order valence-electron chi connectivity index (χ3n) is 5.88. The van der Waals surface area contributed by atoms with Crippen molar-refractivity contribution in [2.45, 2.75) is 71.3 Å². The van der Waals surface area contributed by atoms with Gasteiger partial charge in [-0.2, -0.15) is 0 Å². The quantitative estimate of drug-likeness (QED) is 0.837. The first-order valence-corrected chi connectivity index (χ1v) is 8.16. The maximum atomic E-state index is 12.9. The van der Waals surface area contributed by atoms with Gasteiger partial charge < -0.3 is 10.4 Å². The Morgan fingerprint density at radius 2 is 1.76 bits per heavy atom. The molecule has 1 amide bonds. The van der Waals surface area contributed by atoms with E-state index < -0.39 is 11.5 Å². The summed E-state index contributed by atoms with van der Waals surface area (Å²) >= 11 is 0. The molecule has 4 aliphatic carbocycles. The van der Waals surface area contributed by atoms with E-state index >= 15 is 0 Å². The van der Waals surface area contributed by atoms with Crippen LogP contribution in [-0.4, -0.2) is 22.5 Å². The first-order valence-electron chi connectivity index (χ1n) is 8.16. The van der Waals surface area contributed by atoms with E-state index in [2.05, 4.69) is 12.2 Å². The Hall–Kier alpha value is -1.06. The summed E-state index contributed by atoms with van der Waals surface area (Å²) in [5.41, 5.74) is -0.569. The Labute approximate surface area is 126 Å². The predicted octanol–water partition coefficient (Wildman–Crippen LogP) is 2.96. The van der Waals surface area contributed by atoms with Gasteiger partial charge in [-0.1, -0.05) is 6.92 Å². The van der Waals surface area contributed by atoms with E-state index in [1.807, 2.05) is 0 Å². The monoisotopic (exact) mass is 293 g/mol. The summed E-state index contributed by atoms with van der Waals surface area (Å²) in [6.07, 6.45) is 6.82. The van der Waals surface area contributed by atoms with Gasteiger partial charge >= 0.3 is 5.97 Å². The molecule has 118 valence electrons. The molecule has 0 aromatic rings. The summed E-state index contributed by atoms with van der Waals surface area (Å²) in [5.74, 6) is 0.640. The molecule has 0 aromatic carbocycles. The van der Waals surface area contributed by atoms with E-state index in [1.54, 1.807) is 13.8 Å². The Balaban J connectivity index is 1.77. The summed E-state index contributed by atoms with van der Waals surface area (Å²) < 4.78 is 0. The minimum absolute atomic E-state index is 0.0288. The summed E-state index contributed by atoms with van der Waals surface area (Å²) in [7, 11) is 0. The lowest BCUT2D eigenvalue weighted by Crippen LogP contribution is -2.59. The Morgan fingerprint density at radius 1 is 1.19 bits per heavy atom. The van der Waals surface area contributed by atoms with Gasteiger partial charge in [-0.05, 0) is 69.6 Å². The van der Waals surface area contributed by atoms with Crippen molar-refractivity contribution in [2.24, 2.45) is 22.7 Å². The number of carbonyl (C=O) groups is 2. The van der Waals surface area contributed by atoms with Crippen molar-refractivity contribution in [3.63, 3.8) is 0 Å². The van der Waals surface area contributed by atoms with Gasteiger partial charge in [0.25, 0.3) is 0 Å². The molecule has 4 bridgehead atoms. The summed E-state index contributed by atoms with van der Waals surface area (Å²) in [6, 6.07) is 0. The van der Waals surface area contributed by atoms with Crippen molar-refractivity contribution in [3.05, 3.63) is 0 Å². The van der Waals surface area contributed by atoms with Crippen LogP contribution in [0.5, 0.6) is 0 Å². The number of hydrogen-bond acceptors (Lipinski definition) is 2. The molecule has 2 atom stereocenters. The first-order chi connectivity index (χ1) is 9.62. The van der Waals surface area contributed by atoms with Crippen molar-refractivity contribution in [1.82, 2.24) is 5.32 Å². The number of carboxylic acids is 1. The number of nitrogens with one attached hydrogen (secondary N) is 1. The van der Waals surface area contributed by atoms with Gasteiger partial charge in [-0.25, -0.2) is 0 Å². The predicted molar refractivity (Wildman–Crippen MR) is 79.7 cm³/mol. The first kappa shape index (κ1) is 14.9. The molecule has 0 aliphatic heterocycles. The van der Waals surface area contributed by atoms with Gasteiger partial charge in [-0.15, -0.1) is 0 Å². The van der Waals surface area contributed by atoms with E-state index in [-0.39, 0.29) is 17.7 Å². The molecular formula is C17H27NO3. The maximum absolute atomic E-state index is 12.9. The Kier molecular flexibility index (Phi) is 3.16. The number of amides is 1. The molecule has 0 saturated heterocycles. The number of carbonyl (C=O) groups excluding carboxylic acids is 1. The topological polar surface area (TPSA) is 66.4 Å². The lowest BCUT2D eigenvalue weighted by molar-refractivity contribution is -0.157. The number of hydrogen-bond donors (Lipinski definition) is 2. The Bertz CT molecular complexity index is 468. The van der Waals surface area contributed by atoms with Gasteiger partial charge in [0.2, 0.25) is 5.91 Å². The molecule has 0 aromatic heterocycles. The van der Waals surface area contributed by atoms with Crippen molar-refractivity contribution in [2.75, 3.05) is 0 Å². The number of aliphatic carboxylic acids is 1. The average molecular weight is 293 g/mol. The molecule has 0 radical (unpaired) electrons. The average Bonchev–Trinajstić information content (AvgIpc) is 2.21. The van der Waals surface area contributed by atoms with E-state index in [4.69, 9.17) is 5.11 Å². The zero-order valence-electron chi connectivity index (χ0n) is 13.4. The van der Waals surface area contributed by atoms with Gasteiger partial charge in [0.05, 0.1) is 11.8 Å². The van der Waals surface area contributed by atoms with Gasteiger partial charge in [-0.3, -0.25) is 9.59 Å². The van der Waals surface area contributed by atoms with Crippen LogP contribution in [0.15, 0.2) is 0 Å². The minimum atomic E-state index is -0.863. The van der Waals surface area contributed by atoms with Crippen LogP contribution >= 0.6 is 0 Å². The van der Waals surface area contributed by atoms with E-state index in [0.29, 0.717) is 17.3 Å². The second-order valence-corrected chi connectivity index (χ2v) is 8.96. The van der Waals surface area contributed by atoms with Crippen LogP contribution < -0.4 is 5.32 Å². The molecule has 4 rings (SSSR count). The summed E-state index contributed by atoms with van der Waals surface area (Å²) in [6.45, 7) is 5.96. The van der Waals surface area contributed by atoms with Crippen LogP contribution in [0.4, 0.5) is 0 Å². The fourth-order valence-corrected chi connectivity index (χ4v) is 5.85. The Morgan fingerprint density at radius 3 is 2.24 bits per heavy atom. The van der Waals surface area contributed by atoms with E-state index in [1.165, 1.54) is 19.3 Å². The molecular weight excluding hydrogens is 266 g/mol. The molecule has 4 heteroatoms. The van der Waals surface area contributed by atoms with Crippen LogP contribution in [-0.2, 0) is 9.59 Å². The lowest BCUT2D eigenvalue weighted by Gasteiger charge is -2.60. The smallest absolute Gasteiger partial charge is 0.305 e. The van der Waals surface area contributed by atoms with Crippen molar-refractivity contribution in [3.8, 4) is 0 Å². The zero-order chi connectivity index (χ0) is 15.5. The molecule has 4 aliphatic rings. The van der Waals surface area contributed by atoms with E-state index in [0.717, 1.165) is 19.3 Å². The SMILES string of the molecule is CC12CC3CC(C1)CC(C(=O)NC(C)(C)CC(=O)O)(C3)C2.